The molecule has 3 atom stereocenters. The summed E-state index contributed by atoms with van der Waals surface area (Å²) in [7, 11) is 0. The molecular formula is C14H19AsN2O2. The Bertz CT molecular complexity index is 444. The van der Waals surface area contributed by atoms with Crippen molar-refractivity contribution in [2.45, 2.75) is 31.3 Å². The van der Waals surface area contributed by atoms with Crippen molar-refractivity contribution in [1.82, 2.24) is 5.32 Å². The second-order valence-corrected chi connectivity index (χ2v) is 7.39. The summed E-state index contributed by atoms with van der Waals surface area (Å²) in [6.07, 6.45) is 2.41. The molecule has 1 aliphatic rings. The number of nitrogens with one attached hydrogen (secondary N) is 1. The Kier molecular flexibility index (Phi) is 5.32. The molecule has 1 saturated heterocycles. The Morgan fingerprint density at radius 1 is 1.37 bits per heavy atom. The molecule has 0 spiro atoms. The predicted octanol–water partition coefficient (Wildman–Crippen LogP) is -0.202. The number of carbonyl (C=O) groups excluding carboxylic acids is 2. The van der Waals surface area contributed by atoms with E-state index in [9.17, 15) is 9.59 Å². The molecule has 1 fully saturated rings. The monoisotopic (exact) mass is 322 g/mol. The Hall–Kier alpha value is -0.962. The van der Waals surface area contributed by atoms with E-state index in [1.165, 1.54) is 0 Å². The van der Waals surface area contributed by atoms with Crippen LogP contribution in [0.4, 0.5) is 0 Å². The number of benzene rings is 1. The van der Waals surface area contributed by atoms with Gasteiger partial charge in [0.15, 0.2) is 0 Å². The van der Waals surface area contributed by atoms with Gasteiger partial charge in [0.05, 0.1) is 0 Å². The van der Waals surface area contributed by atoms with Gasteiger partial charge in [-0.3, -0.25) is 0 Å². The molecule has 0 saturated carbocycles. The molecule has 1 aromatic carbocycles. The molecule has 0 aromatic heterocycles. The van der Waals surface area contributed by atoms with Gasteiger partial charge in [-0.1, -0.05) is 0 Å². The van der Waals surface area contributed by atoms with Crippen molar-refractivity contribution in [3.8, 4) is 0 Å². The van der Waals surface area contributed by atoms with E-state index in [0.717, 1.165) is 24.9 Å². The molecule has 0 bridgehead atoms. The van der Waals surface area contributed by atoms with Crippen LogP contribution in [0.1, 0.15) is 18.4 Å². The van der Waals surface area contributed by atoms with Crippen LogP contribution in [-0.2, 0) is 16.0 Å². The van der Waals surface area contributed by atoms with E-state index in [2.05, 4.69) is 5.32 Å². The van der Waals surface area contributed by atoms with Gasteiger partial charge in [-0.25, -0.2) is 0 Å². The second-order valence-electron chi connectivity index (χ2n) is 4.80. The summed E-state index contributed by atoms with van der Waals surface area (Å²) in [5.41, 5.74) is 6.95. The van der Waals surface area contributed by atoms with Crippen molar-refractivity contribution >= 4 is 24.9 Å². The maximum absolute atomic E-state index is 12.0. The molecule has 1 aromatic rings. The first-order chi connectivity index (χ1) is 9.16. The zero-order chi connectivity index (χ0) is 13.7. The fourth-order valence-electron chi connectivity index (χ4n) is 2.17. The molecule has 0 amide bonds. The van der Waals surface area contributed by atoms with E-state index in [-0.39, 0.29) is 15.2 Å². The molecule has 1 unspecified atom stereocenters. The first-order valence-corrected chi connectivity index (χ1v) is 8.64. The van der Waals surface area contributed by atoms with Gasteiger partial charge in [-0.15, -0.1) is 0 Å². The van der Waals surface area contributed by atoms with Crippen molar-refractivity contribution in [3.63, 3.8) is 0 Å². The summed E-state index contributed by atoms with van der Waals surface area (Å²) in [6, 6.07) is 9.06. The third-order valence-corrected chi connectivity index (χ3v) is 5.80. The van der Waals surface area contributed by atoms with Gasteiger partial charge < -0.3 is 0 Å². The first-order valence-electron chi connectivity index (χ1n) is 6.54. The van der Waals surface area contributed by atoms with E-state index in [0.29, 0.717) is 6.42 Å². The summed E-state index contributed by atoms with van der Waals surface area (Å²) in [5, 5.41) is 3.14. The van der Waals surface area contributed by atoms with E-state index in [4.69, 9.17) is 5.73 Å². The van der Waals surface area contributed by atoms with Gasteiger partial charge in [0, 0.05) is 0 Å². The molecule has 0 aliphatic carbocycles. The molecular weight excluding hydrogens is 303 g/mol. The van der Waals surface area contributed by atoms with E-state index in [1.54, 1.807) is 0 Å². The van der Waals surface area contributed by atoms with Crippen molar-refractivity contribution in [3.05, 3.63) is 35.9 Å². The van der Waals surface area contributed by atoms with Crippen LogP contribution in [0.15, 0.2) is 30.3 Å². The first kappa shape index (κ1) is 14.4. The van der Waals surface area contributed by atoms with Gasteiger partial charge in [-0.2, -0.15) is 0 Å². The Labute approximate surface area is 119 Å². The molecule has 5 heteroatoms. The minimum atomic E-state index is -1.26. The third kappa shape index (κ3) is 4.27. The van der Waals surface area contributed by atoms with Gasteiger partial charge in [0.2, 0.25) is 0 Å². The average molecular weight is 322 g/mol. The zero-order valence-electron chi connectivity index (χ0n) is 10.8. The summed E-state index contributed by atoms with van der Waals surface area (Å²) in [5.74, 6) is 0. The summed E-state index contributed by atoms with van der Waals surface area (Å²) >= 11 is -1.26. The van der Waals surface area contributed by atoms with Crippen molar-refractivity contribution < 1.29 is 9.59 Å². The van der Waals surface area contributed by atoms with Crippen LogP contribution in [0.5, 0.6) is 0 Å². The average Bonchev–Trinajstić information content (AvgIpc) is 2.93. The van der Waals surface area contributed by atoms with E-state index >= 15 is 0 Å². The normalized spacial score (nSPS) is 20.8. The minimum absolute atomic E-state index is 0.0393. The van der Waals surface area contributed by atoms with E-state index in [1.807, 2.05) is 30.3 Å². The van der Waals surface area contributed by atoms with Crippen LogP contribution in [-0.4, -0.2) is 43.5 Å². The Morgan fingerprint density at radius 2 is 2.11 bits per heavy atom. The number of carbonyl (C=O) groups is 2. The van der Waals surface area contributed by atoms with Gasteiger partial charge in [-0.05, 0) is 0 Å². The van der Waals surface area contributed by atoms with Crippen molar-refractivity contribution in [2.24, 2.45) is 5.73 Å². The summed E-state index contributed by atoms with van der Waals surface area (Å²) in [4.78, 5) is 23.9. The number of nitrogens with two attached hydrogens (primary N) is 1. The zero-order valence-corrected chi connectivity index (χ0v) is 12.9. The predicted molar refractivity (Wildman–Crippen MR) is 76.3 cm³/mol. The molecule has 102 valence electrons. The molecule has 19 heavy (non-hydrogen) atoms. The number of hydrogen-bond acceptors (Lipinski definition) is 4. The standard InChI is InChI=1S/C14H19AsN2O2/c16-11(9-10-5-2-1-3-6-10)13(18)15-14(19)12-7-4-8-17-12/h1-3,5-6,11-12,15,17H,4,7-9,16H2/t11-,12+/m0/s1. The van der Waals surface area contributed by atoms with Crippen LogP contribution in [0.25, 0.3) is 0 Å². The third-order valence-electron chi connectivity index (χ3n) is 3.26. The number of hydrogen-bond donors (Lipinski definition) is 2. The molecule has 2 rings (SSSR count). The van der Waals surface area contributed by atoms with Crippen LogP contribution < -0.4 is 11.1 Å². The quantitative estimate of drug-likeness (QED) is 0.712. The molecule has 3 N–H and O–H groups in total. The van der Waals surface area contributed by atoms with E-state index < -0.39 is 21.8 Å². The van der Waals surface area contributed by atoms with Gasteiger partial charge >= 0.3 is 119 Å². The maximum atomic E-state index is 12.0. The second kappa shape index (κ2) is 6.99. The molecule has 0 radical (unpaired) electrons. The van der Waals surface area contributed by atoms with Crippen LogP contribution in [0.2, 0.25) is 0 Å². The number of rotatable bonds is 6. The Morgan fingerprint density at radius 3 is 2.74 bits per heavy atom. The summed E-state index contributed by atoms with van der Waals surface area (Å²) in [6.45, 7) is 0.882. The van der Waals surface area contributed by atoms with Crippen LogP contribution >= 0.6 is 0 Å². The van der Waals surface area contributed by atoms with Gasteiger partial charge in [0.1, 0.15) is 0 Å². The summed E-state index contributed by atoms with van der Waals surface area (Å²) < 4.78 is 0.0635. The van der Waals surface area contributed by atoms with Crippen LogP contribution in [0.3, 0.4) is 0 Å². The fraction of sp³-hybridized carbons (Fsp3) is 0.429. The van der Waals surface area contributed by atoms with Crippen molar-refractivity contribution in [2.75, 3.05) is 6.54 Å². The van der Waals surface area contributed by atoms with Gasteiger partial charge in [0.25, 0.3) is 0 Å². The Balaban J connectivity index is 1.83. The fourth-order valence-corrected chi connectivity index (χ4v) is 4.17. The molecule has 1 aliphatic heterocycles. The molecule has 4 nitrogen and oxygen atoms in total. The van der Waals surface area contributed by atoms with Crippen molar-refractivity contribution in [1.29, 1.82) is 0 Å². The topological polar surface area (TPSA) is 72.2 Å². The molecule has 1 heterocycles. The van der Waals surface area contributed by atoms with Crippen LogP contribution in [0, 0.1) is 0 Å². The SMILES string of the molecule is N[C@@H](Cc1ccccc1)C(=O)[AsH]C(=O)[C@H]1CCCN1.